The van der Waals surface area contributed by atoms with Crippen LogP contribution in [0.25, 0.3) is 11.3 Å². The third-order valence-corrected chi connectivity index (χ3v) is 1.67. The summed E-state index contributed by atoms with van der Waals surface area (Å²) in [6.07, 6.45) is 1.75. The summed E-state index contributed by atoms with van der Waals surface area (Å²) in [5.41, 5.74) is 2.10. The zero-order valence-electron chi connectivity index (χ0n) is 7.01. The maximum atomic E-state index is 4.22. The minimum absolute atomic E-state index is 0. The largest absolute Gasteiger partial charge is 0.383 e. The molecule has 0 atom stereocenters. The number of pyridine rings is 1. The van der Waals surface area contributed by atoms with Gasteiger partial charge in [0, 0.05) is 18.6 Å². The molecular weight excluding hydrogens is 197 g/mol. The Morgan fingerprint density at radius 2 is 1.85 bits per heavy atom. The number of hydrogen-bond donors (Lipinski definition) is 0. The molecule has 0 aliphatic carbocycles. The second-order valence-corrected chi connectivity index (χ2v) is 2.51. The Labute approximate surface area is 89.7 Å². The summed E-state index contributed by atoms with van der Waals surface area (Å²) < 4.78 is 0. The van der Waals surface area contributed by atoms with Gasteiger partial charge in [0.1, 0.15) is 0 Å². The number of nitrogens with zero attached hydrogens (tertiary/aromatic N) is 1. The van der Waals surface area contributed by atoms with Crippen molar-refractivity contribution in [3.05, 3.63) is 54.7 Å². The summed E-state index contributed by atoms with van der Waals surface area (Å²) in [6, 6.07) is 16.8. The van der Waals surface area contributed by atoms with Gasteiger partial charge in [0.2, 0.25) is 0 Å². The van der Waals surface area contributed by atoms with E-state index in [-0.39, 0.29) is 18.6 Å². The zero-order chi connectivity index (χ0) is 8.23. The van der Waals surface area contributed by atoms with Gasteiger partial charge in [0.25, 0.3) is 0 Å². The second kappa shape index (κ2) is 4.85. The molecule has 1 nitrogen and oxygen atoms in total. The van der Waals surface area contributed by atoms with Gasteiger partial charge >= 0.3 is 0 Å². The molecule has 0 fully saturated rings. The molecule has 63 valence electrons. The molecule has 0 saturated carbocycles. The molecule has 2 aromatic rings. The third kappa shape index (κ3) is 2.44. The minimum Gasteiger partial charge on any atom is -0.383 e. The van der Waals surface area contributed by atoms with Crippen LogP contribution in [0.15, 0.2) is 48.7 Å². The van der Waals surface area contributed by atoms with Crippen molar-refractivity contribution in [2.75, 3.05) is 0 Å². The third-order valence-electron chi connectivity index (χ3n) is 1.67. The summed E-state index contributed by atoms with van der Waals surface area (Å²) in [7, 11) is 0. The summed E-state index contributed by atoms with van der Waals surface area (Å²) in [4.78, 5) is 4.22. The first-order valence-corrected chi connectivity index (χ1v) is 3.84. The quantitative estimate of drug-likeness (QED) is 0.652. The molecule has 0 N–H and O–H groups in total. The molecule has 2 heteroatoms. The number of benzene rings is 1. The zero-order valence-corrected chi connectivity index (χ0v) is 8.41. The van der Waals surface area contributed by atoms with Gasteiger partial charge in [-0.15, -0.1) is 0 Å². The predicted octanol–water partition coefficient (Wildman–Crippen LogP) is 2.55. The molecule has 0 spiro atoms. The topological polar surface area (TPSA) is 12.9 Å². The molecule has 1 radical (unpaired) electrons. The summed E-state index contributed by atoms with van der Waals surface area (Å²) in [5, 5.41) is 0. The van der Waals surface area contributed by atoms with E-state index in [9.17, 15) is 0 Å². The van der Waals surface area contributed by atoms with Gasteiger partial charge < -0.3 is 4.98 Å². The van der Waals surface area contributed by atoms with Crippen molar-refractivity contribution in [2.24, 2.45) is 0 Å². The minimum atomic E-state index is 0. The van der Waals surface area contributed by atoms with Gasteiger partial charge in [0.05, 0.1) is 0 Å². The SMILES string of the molecule is [V].[c-]1ccnc(-c2ccccc2)c1. The van der Waals surface area contributed by atoms with Gasteiger partial charge in [0.15, 0.2) is 0 Å². The van der Waals surface area contributed by atoms with Gasteiger partial charge in [-0.05, 0) is 5.69 Å². The van der Waals surface area contributed by atoms with Gasteiger partial charge in [-0.1, -0.05) is 42.1 Å². The maximum Gasteiger partial charge on any atom is 0 e. The number of aromatic nitrogens is 1. The van der Waals surface area contributed by atoms with Crippen molar-refractivity contribution in [2.45, 2.75) is 0 Å². The molecule has 0 saturated heterocycles. The Balaban J connectivity index is 0.000000845. The van der Waals surface area contributed by atoms with Crippen LogP contribution in [-0.2, 0) is 18.6 Å². The van der Waals surface area contributed by atoms with Crippen LogP contribution in [0.3, 0.4) is 0 Å². The summed E-state index contributed by atoms with van der Waals surface area (Å²) >= 11 is 0. The monoisotopic (exact) mass is 205 g/mol. The summed E-state index contributed by atoms with van der Waals surface area (Å²) in [5.74, 6) is 0. The Bertz CT molecular complexity index is 307. The predicted molar refractivity (Wildman–Crippen MR) is 48.5 cm³/mol. The van der Waals surface area contributed by atoms with E-state index in [1.54, 1.807) is 12.3 Å². The van der Waals surface area contributed by atoms with E-state index >= 15 is 0 Å². The molecule has 1 heterocycles. The van der Waals surface area contributed by atoms with Crippen molar-refractivity contribution < 1.29 is 18.6 Å². The Kier molecular flexibility index (Phi) is 3.75. The van der Waals surface area contributed by atoms with Crippen molar-refractivity contribution >= 4 is 0 Å². The van der Waals surface area contributed by atoms with Gasteiger partial charge in [-0.25, -0.2) is 0 Å². The van der Waals surface area contributed by atoms with Crippen LogP contribution < -0.4 is 0 Å². The van der Waals surface area contributed by atoms with Gasteiger partial charge in [-0.2, -0.15) is 18.2 Å². The maximum absolute atomic E-state index is 4.22. The van der Waals surface area contributed by atoms with Crippen LogP contribution in [0.2, 0.25) is 0 Å². The molecule has 13 heavy (non-hydrogen) atoms. The first-order chi connectivity index (χ1) is 5.97. The molecule has 0 bridgehead atoms. The average Bonchev–Trinajstić information content (AvgIpc) is 2.21. The van der Waals surface area contributed by atoms with Crippen LogP contribution >= 0.6 is 0 Å². The fourth-order valence-corrected chi connectivity index (χ4v) is 1.09. The Morgan fingerprint density at radius 3 is 2.46 bits per heavy atom. The summed E-state index contributed by atoms with van der Waals surface area (Å²) in [6.45, 7) is 0. The van der Waals surface area contributed by atoms with E-state index in [0.717, 1.165) is 11.3 Å². The first kappa shape index (κ1) is 10.0. The standard InChI is InChI=1S/C11H8N.V/c1-2-6-10(7-3-1)11-8-4-5-9-12-11;/h1-3,5-9H;/q-1;. The smallest absolute Gasteiger partial charge is 0 e. The fraction of sp³-hybridized carbons (Fsp3) is 0. The normalized spacial score (nSPS) is 8.92. The van der Waals surface area contributed by atoms with Crippen LogP contribution in [-0.4, -0.2) is 4.98 Å². The van der Waals surface area contributed by atoms with Crippen molar-refractivity contribution in [1.29, 1.82) is 0 Å². The molecule has 0 amide bonds. The number of rotatable bonds is 1. The second-order valence-electron chi connectivity index (χ2n) is 2.51. The fourth-order valence-electron chi connectivity index (χ4n) is 1.09. The molecule has 0 unspecified atom stereocenters. The van der Waals surface area contributed by atoms with Crippen molar-refractivity contribution in [3.63, 3.8) is 0 Å². The number of hydrogen-bond acceptors (Lipinski definition) is 1. The van der Waals surface area contributed by atoms with E-state index in [4.69, 9.17) is 0 Å². The molecule has 1 aromatic heterocycles. The van der Waals surface area contributed by atoms with E-state index in [1.165, 1.54) is 0 Å². The average molecular weight is 205 g/mol. The molecule has 0 aliphatic heterocycles. The van der Waals surface area contributed by atoms with Crippen molar-refractivity contribution in [3.8, 4) is 11.3 Å². The van der Waals surface area contributed by atoms with Crippen LogP contribution in [0.4, 0.5) is 0 Å². The first-order valence-electron chi connectivity index (χ1n) is 3.84. The van der Waals surface area contributed by atoms with Crippen LogP contribution in [0, 0.1) is 6.07 Å². The Hall–Kier alpha value is -1.05. The molecule has 2 rings (SSSR count). The van der Waals surface area contributed by atoms with E-state index in [0.29, 0.717) is 0 Å². The van der Waals surface area contributed by atoms with Crippen LogP contribution in [0.5, 0.6) is 0 Å². The van der Waals surface area contributed by atoms with Gasteiger partial charge in [-0.3, -0.25) is 0 Å². The van der Waals surface area contributed by atoms with E-state index < -0.39 is 0 Å². The van der Waals surface area contributed by atoms with E-state index in [2.05, 4.69) is 11.1 Å². The van der Waals surface area contributed by atoms with Crippen molar-refractivity contribution in [1.82, 2.24) is 4.98 Å². The molecule has 1 aromatic carbocycles. The Morgan fingerprint density at radius 1 is 1.08 bits per heavy atom. The molecule has 0 aliphatic rings. The van der Waals surface area contributed by atoms with Crippen LogP contribution in [0.1, 0.15) is 0 Å². The molecular formula is C11H8NV-. The van der Waals surface area contributed by atoms with E-state index in [1.807, 2.05) is 36.4 Å².